The van der Waals surface area contributed by atoms with Gasteiger partial charge in [-0.3, -0.25) is 14.9 Å². The van der Waals surface area contributed by atoms with Crippen LogP contribution in [0.4, 0.5) is 0 Å². The Balaban J connectivity index is 2.38. The molecule has 0 bridgehead atoms. The lowest BCUT2D eigenvalue weighted by molar-refractivity contribution is -0.165. The van der Waals surface area contributed by atoms with E-state index in [0.717, 1.165) is 5.56 Å². The number of rotatable bonds is 12. The largest absolute Gasteiger partial charge is 0.504 e. The molecule has 0 saturated carbocycles. The summed E-state index contributed by atoms with van der Waals surface area (Å²) in [5.74, 6) is -0.519. The van der Waals surface area contributed by atoms with Crippen LogP contribution in [0.15, 0.2) is 18.2 Å². The second-order valence-electron chi connectivity index (χ2n) is 9.31. The van der Waals surface area contributed by atoms with Crippen molar-refractivity contribution in [2.24, 2.45) is 5.41 Å². The number of aromatic hydroxyl groups is 1. The van der Waals surface area contributed by atoms with Crippen molar-refractivity contribution < 1.29 is 39.1 Å². The number of carbonyl (C=O) groups is 2. The Morgan fingerprint density at radius 3 is 2.50 bits per heavy atom. The molecule has 0 amide bonds. The van der Waals surface area contributed by atoms with E-state index in [2.05, 4.69) is 5.32 Å². The lowest BCUT2D eigenvalue weighted by atomic mass is 9.68. The molecule has 1 fully saturated rings. The second-order valence-corrected chi connectivity index (χ2v) is 9.31. The molecular formula is C25H39NO8. The van der Waals surface area contributed by atoms with Crippen LogP contribution in [0.3, 0.4) is 0 Å². The van der Waals surface area contributed by atoms with Crippen LogP contribution in [0.1, 0.15) is 64.9 Å². The summed E-state index contributed by atoms with van der Waals surface area (Å²) in [6, 6.07) is 5.07. The molecule has 2 rings (SSSR count). The van der Waals surface area contributed by atoms with Gasteiger partial charge < -0.3 is 29.5 Å². The molecule has 1 aromatic carbocycles. The molecule has 1 aliphatic heterocycles. The molecule has 0 unspecified atom stereocenters. The van der Waals surface area contributed by atoms with E-state index in [0.29, 0.717) is 50.8 Å². The third kappa shape index (κ3) is 8.45. The van der Waals surface area contributed by atoms with Crippen molar-refractivity contribution in [3.05, 3.63) is 23.8 Å². The fourth-order valence-electron chi connectivity index (χ4n) is 4.82. The van der Waals surface area contributed by atoms with E-state index >= 15 is 0 Å². The number of ether oxygens (including phenoxy) is 3. The van der Waals surface area contributed by atoms with Crippen LogP contribution in [0.5, 0.6) is 11.5 Å². The summed E-state index contributed by atoms with van der Waals surface area (Å²) >= 11 is 0. The van der Waals surface area contributed by atoms with E-state index in [1.165, 1.54) is 21.0 Å². The lowest BCUT2D eigenvalue weighted by Gasteiger charge is -2.45. The highest BCUT2D eigenvalue weighted by atomic mass is 16.6. The first-order valence-corrected chi connectivity index (χ1v) is 11.8. The number of hydrogen-bond donors (Lipinski definition) is 4. The van der Waals surface area contributed by atoms with Crippen molar-refractivity contribution in [1.29, 1.82) is 0 Å². The van der Waals surface area contributed by atoms with E-state index in [9.17, 15) is 24.9 Å². The number of methoxy groups -OCH3 is 1. The van der Waals surface area contributed by atoms with Crippen molar-refractivity contribution in [2.45, 2.75) is 90.3 Å². The van der Waals surface area contributed by atoms with Crippen molar-refractivity contribution in [3.8, 4) is 11.5 Å². The summed E-state index contributed by atoms with van der Waals surface area (Å²) in [7, 11) is 1.47. The smallest absolute Gasteiger partial charge is 0.302 e. The molecule has 192 valence electrons. The van der Waals surface area contributed by atoms with Crippen molar-refractivity contribution in [3.63, 3.8) is 0 Å². The standard InChI is InChI=1S/C25H39NO8/c1-16(27)6-5-7-20(33-17(2)28)13-23(34-18(3)29)25(10-11-26-24(31)15-25)14-19-8-9-21(30)22(12-19)32-4/h8-9,12,16,20,23-24,26-27,30-31H,5-7,10-11,13-15H2,1-4H3/t16-,20+,23+,24+,25+/m0/s1. The van der Waals surface area contributed by atoms with Gasteiger partial charge >= 0.3 is 11.9 Å². The SMILES string of the molecule is COc1cc(C[C@]2([C@@H](C[C@@H](CCC[C@H](C)O)OC(C)=O)OC(C)=O)CCN[C@H](O)C2)ccc1O. The van der Waals surface area contributed by atoms with Gasteiger partial charge in [0.25, 0.3) is 0 Å². The summed E-state index contributed by atoms with van der Waals surface area (Å²) in [4.78, 5) is 23.9. The Morgan fingerprint density at radius 1 is 1.21 bits per heavy atom. The Morgan fingerprint density at radius 2 is 1.91 bits per heavy atom. The molecule has 1 aliphatic rings. The Bertz CT molecular complexity index is 814. The van der Waals surface area contributed by atoms with E-state index < -0.39 is 41.9 Å². The number of phenols is 1. The zero-order valence-electron chi connectivity index (χ0n) is 20.6. The first kappa shape index (κ1) is 27.9. The summed E-state index contributed by atoms with van der Waals surface area (Å²) in [5.41, 5.74) is 0.222. The van der Waals surface area contributed by atoms with Crippen LogP contribution in [0.2, 0.25) is 0 Å². The van der Waals surface area contributed by atoms with Crippen molar-refractivity contribution in [2.75, 3.05) is 13.7 Å². The molecule has 0 aromatic heterocycles. The van der Waals surface area contributed by atoms with E-state index in [4.69, 9.17) is 14.2 Å². The Kier molecular flexibility index (Phi) is 10.6. The average Bonchev–Trinajstić information content (AvgIpc) is 2.73. The zero-order valence-corrected chi connectivity index (χ0v) is 20.6. The molecule has 0 spiro atoms. The highest BCUT2D eigenvalue weighted by molar-refractivity contribution is 5.66. The predicted molar refractivity (Wildman–Crippen MR) is 125 cm³/mol. The van der Waals surface area contributed by atoms with E-state index in [1.807, 2.05) is 0 Å². The van der Waals surface area contributed by atoms with Gasteiger partial charge in [-0.25, -0.2) is 0 Å². The maximum Gasteiger partial charge on any atom is 0.302 e. The molecule has 9 heteroatoms. The minimum Gasteiger partial charge on any atom is -0.504 e. The number of aliphatic hydroxyl groups is 2. The summed E-state index contributed by atoms with van der Waals surface area (Å²) in [6.07, 6.45) is 1.04. The fourth-order valence-corrected chi connectivity index (χ4v) is 4.82. The quantitative estimate of drug-likeness (QED) is 0.332. The van der Waals surface area contributed by atoms with Gasteiger partial charge in [0.15, 0.2) is 11.5 Å². The molecular weight excluding hydrogens is 442 g/mol. The Labute approximate surface area is 201 Å². The van der Waals surface area contributed by atoms with Gasteiger partial charge in [0.2, 0.25) is 0 Å². The van der Waals surface area contributed by atoms with Gasteiger partial charge in [0.1, 0.15) is 18.4 Å². The minimum atomic E-state index is -0.784. The molecule has 5 atom stereocenters. The number of hydrogen-bond acceptors (Lipinski definition) is 9. The summed E-state index contributed by atoms with van der Waals surface area (Å²) in [5, 5.41) is 33.1. The monoisotopic (exact) mass is 481 g/mol. The minimum absolute atomic E-state index is 0.0233. The van der Waals surface area contributed by atoms with Crippen LogP contribution in [0, 0.1) is 5.41 Å². The van der Waals surface area contributed by atoms with Crippen LogP contribution in [0.25, 0.3) is 0 Å². The van der Waals surface area contributed by atoms with Gasteiger partial charge in [-0.05, 0) is 69.7 Å². The summed E-state index contributed by atoms with van der Waals surface area (Å²) < 4.78 is 16.7. The predicted octanol–water partition coefficient (Wildman–Crippen LogP) is 2.44. The van der Waals surface area contributed by atoms with Crippen molar-refractivity contribution in [1.82, 2.24) is 5.32 Å². The number of nitrogens with one attached hydrogen (secondary N) is 1. The van der Waals surface area contributed by atoms with Gasteiger partial charge in [-0.15, -0.1) is 0 Å². The number of carbonyl (C=O) groups excluding carboxylic acids is 2. The van der Waals surface area contributed by atoms with Crippen LogP contribution >= 0.6 is 0 Å². The molecule has 9 nitrogen and oxygen atoms in total. The highest BCUT2D eigenvalue weighted by Gasteiger charge is 2.45. The number of benzene rings is 1. The molecule has 1 heterocycles. The molecule has 4 N–H and O–H groups in total. The molecule has 34 heavy (non-hydrogen) atoms. The Hall–Kier alpha value is -2.36. The topological polar surface area (TPSA) is 135 Å². The van der Waals surface area contributed by atoms with Crippen LogP contribution < -0.4 is 10.1 Å². The van der Waals surface area contributed by atoms with Crippen LogP contribution in [-0.2, 0) is 25.5 Å². The maximum absolute atomic E-state index is 12.1. The molecule has 1 aromatic rings. The number of phenolic OH excluding ortho intramolecular Hbond substituents is 1. The summed E-state index contributed by atoms with van der Waals surface area (Å²) in [6.45, 7) is 4.92. The third-order valence-corrected chi connectivity index (χ3v) is 6.35. The first-order chi connectivity index (χ1) is 16.0. The lowest BCUT2D eigenvalue weighted by Crippen LogP contribution is -2.52. The number of piperidine rings is 1. The molecule has 1 saturated heterocycles. The average molecular weight is 482 g/mol. The van der Waals surface area contributed by atoms with Gasteiger partial charge in [-0.2, -0.15) is 0 Å². The molecule has 0 aliphatic carbocycles. The highest BCUT2D eigenvalue weighted by Crippen LogP contribution is 2.43. The van der Waals surface area contributed by atoms with Gasteiger partial charge in [-0.1, -0.05) is 6.07 Å². The normalized spacial score (nSPS) is 22.9. The zero-order chi connectivity index (χ0) is 25.3. The maximum atomic E-state index is 12.1. The first-order valence-electron chi connectivity index (χ1n) is 11.8. The van der Waals surface area contributed by atoms with Gasteiger partial charge in [0.05, 0.1) is 13.2 Å². The third-order valence-electron chi connectivity index (χ3n) is 6.35. The van der Waals surface area contributed by atoms with Gasteiger partial charge in [0, 0.05) is 25.7 Å². The second kappa shape index (κ2) is 12.9. The van der Waals surface area contributed by atoms with E-state index in [-0.39, 0.29) is 12.2 Å². The molecule has 0 radical (unpaired) electrons. The number of esters is 2. The van der Waals surface area contributed by atoms with E-state index in [1.54, 1.807) is 25.1 Å². The van der Waals surface area contributed by atoms with Crippen molar-refractivity contribution >= 4 is 11.9 Å². The number of aliphatic hydroxyl groups excluding tert-OH is 2. The van der Waals surface area contributed by atoms with Crippen LogP contribution in [-0.4, -0.2) is 65.5 Å². The fraction of sp³-hybridized carbons (Fsp3) is 0.680.